The number of aromatic nitrogens is 2. The van der Waals surface area contributed by atoms with Gasteiger partial charge in [-0.1, -0.05) is 60.7 Å². The fraction of sp³-hybridized carbons (Fsp3) is 0.222. The van der Waals surface area contributed by atoms with Crippen molar-refractivity contribution < 1.29 is 0 Å². The van der Waals surface area contributed by atoms with Crippen LogP contribution in [0.15, 0.2) is 79.5 Å². The summed E-state index contributed by atoms with van der Waals surface area (Å²) in [5.74, 6) is 1.11. The van der Waals surface area contributed by atoms with Crippen LogP contribution in [0.3, 0.4) is 0 Å². The number of pyridine rings is 1. The molecule has 2 aromatic carbocycles. The lowest BCUT2D eigenvalue weighted by Gasteiger charge is -2.30. The van der Waals surface area contributed by atoms with Crippen molar-refractivity contribution in [1.29, 1.82) is 0 Å². The summed E-state index contributed by atoms with van der Waals surface area (Å²) in [6, 6.07) is 21.7. The molecule has 5 rings (SSSR count). The maximum absolute atomic E-state index is 4.91. The highest BCUT2D eigenvalue weighted by atomic mass is 35.5. The zero-order valence-corrected chi connectivity index (χ0v) is 18.7. The van der Waals surface area contributed by atoms with E-state index in [0.29, 0.717) is 0 Å². The van der Waals surface area contributed by atoms with Gasteiger partial charge in [0.15, 0.2) is 0 Å². The van der Waals surface area contributed by atoms with Gasteiger partial charge in [-0.15, -0.1) is 19.0 Å². The quantitative estimate of drug-likeness (QED) is 0.357. The summed E-state index contributed by atoms with van der Waals surface area (Å²) in [6.07, 6.45) is 5.92. The third kappa shape index (κ3) is 3.86. The largest absolute Gasteiger partial charge is 0.351 e. The van der Waals surface area contributed by atoms with Crippen molar-refractivity contribution >= 4 is 29.1 Å². The number of benzene rings is 2. The van der Waals surface area contributed by atoms with Crippen LogP contribution in [-0.4, -0.2) is 16.1 Å². The Kier molecular flexibility index (Phi) is 6.15. The van der Waals surface area contributed by atoms with Crippen molar-refractivity contribution in [2.45, 2.75) is 32.9 Å². The van der Waals surface area contributed by atoms with E-state index in [-0.39, 0.29) is 12.4 Å². The van der Waals surface area contributed by atoms with Crippen molar-refractivity contribution in [3.05, 3.63) is 107 Å². The van der Waals surface area contributed by atoms with Crippen LogP contribution < -0.4 is 4.90 Å². The van der Waals surface area contributed by atoms with Gasteiger partial charge in [-0.3, -0.25) is 0 Å². The number of rotatable bonds is 5. The average Bonchev–Trinajstić information content (AvgIpc) is 3.06. The van der Waals surface area contributed by atoms with Crippen molar-refractivity contribution in [3.63, 3.8) is 0 Å². The molecule has 158 valence electrons. The molecule has 0 bridgehead atoms. The molecule has 4 aromatic rings. The Morgan fingerprint density at radius 1 is 1.00 bits per heavy atom. The Bertz CT molecular complexity index is 1210. The van der Waals surface area contributed by atoms with Crippen molar-refractivity contribution in [2.75, 3.05) is 11.4 Å². The molecular formula is C27H28ClN3. The lowest BCUT2D eigenvalue weighted by Crippen LogP contribution is -2.31. The first kappa shape index (κ1) is 21.2. The van der Waals surface area contributed by atoms with Gasteiger partial charge in [0.25, 0.3) is 0 Å². The first-order chi connectivity index (χ1) is 14.8. The van der Waals surface area contributed by atoms with Crippen molar-refractivity contribution in [2.24, 2.45) is 0 Å². The van der Waals surface area contributed by atoms with Crippen molar-refractivity contribution in [3.8, 4) is 0 Å². The van der Waals surface area contributed by atoms with Crippen LogP contribution in [0.5, 0.6) is 0 Å². The maximum Gasteiger partial charge on any atom is 0.138 e. The molecule has 0 radical (unpaired) electrons. The lowest BCUT2D eigenvalue weighted by molar-refractivity contribution is 0.724. The van der Waals surface area contributed by atoms with Gasteiger partial charge in [0.1, 0.15) is 5.82 Å². The first-order valence-electron chi connectivity index (χ1n) is 10.7. The van der Waals surface area contributed by atoms with E-state index in [0.717, 1.165) is 38.3 Å². The van der Waals surface area contributed by atoms with Crippen LogP contribution in [0.25, 0.3) is 10.9 Å². The predicted molar refractivity (Wildman–Crippen MR) is 132 cm³/mol. The molecule has 0 spiro atoms. The van der Waals surface area contributed by atoms with Gasteiger partial charge in [0.05, 0.1) is 5.52 Å². The Labute approximate surface area is 190 Å². The highest BCUT2D eigenvalue weighted by Gasteiger charge is 2.23. The number of nitrogens with zero attached hydrogens (tertiary/aromatic N) is 3. The van der Waals surface area contributed by atoms with Crippen LogP contribution in [0.2, 0.25) is 0 Å². The fourth-order valence-electron chi connectivity index (χ4n) is 4.78. The van der Waals surface area contributed by atoms with E-state index in [1.54, 1.807) is 0 Å². The highest BCUT2D eigenvalue weighted by Crippen LogP contribution is 2.36. The van der Waals surface area contributed by atoms with E-state index < -0.39 is 0 Å². The molecule has 0 fully saturated rings. The third-order valence-corrected chi connectivity index (χ3v) is 6.31. The monoisotopic (exact) mass is 429 g/mol. The van der Waals surface area contributed by atoms with Crippen LogP contribution >= 0.6 is 12.4 Å². The van der Waals surface area contributed by atoms with E-state index >= 15 is 0 Å². The minimum absolute atomic E-state index is 0. The van der Waals surface area contributed by atoms with Gasteiger partial charge in [-0.05, 0) is 48.1 Å². The number of hydrogen-bond donors (Lipinski definition) is 0. The number of fused-ring (bicyclic) bond motifs is 2. The first-order valence-corrected chi connectivity index (χ1v) is 10.7. The minimum Gasteiger partial charge on any atom is -0.351 e. The molecule has 0 atom stereocenters. The van der Waals surface area contributed by atoms with Gasteiger partial charge in [0, 0.05) is 36.9 Å². The molecule has 0 aliphatic carbocycles. The third-order valence-electron chi connectivity index (χ3n) is 6.31. The molecule has 0 amide bonds. The van der Waals surface area contributed by atoms with E-state index in [4.69, 9.17) is 4.98 Å². The zero-order chi connectivity index (χ0) is 20.5. The number of hydrogen-bond acceptors (Lipinski definition) is 2. The van der Waals surface area contributed by atoms with E-state index in [2.05, 4.69) is 83.6 Å². The summed E-state index contributed by atoms with van der Waals surface area (Å²) in [4.78, 5) is 7.36. The Balaban J connectivity index is 0.00000231. The molecule has 0 unspecified atom stereocenters. The number of allylic oxidation sites excluding steroid dienone is 1. The van der Waals surface area contributed by atoms with Gasteiger partial charge in [0.2, 0.25) is 0 Å². The van der Waals surface area contributed by atoms with Crippen LogP contribution in [0, 0.1) is 6.92 Å². The molecule has 0 saturated carbocycles. The summed E-state index contributed by atoms with van der Waals surface area (Å²) >= 11 is 0. The molecule has 31 heavy (non-hydrogen) atoms. The highest BCUT2D eigenvalue weighted by molar-refractivity contribution is 5.95. The van der Waals surface area contributed by atoms with Crippen LogP contribution in [0.4, 0.5) is 5.82 Å². The molecule has 3 nitrogen and oxygen atoms in total. The van der Waals surface area contributed by atoms with Gasteiger partial charge >= 0.3 is 0 Å². The second kappa shape index (κ2) is 8.99. The zero-order valence-electron chi connectivity index (χ0n) is 17.9. The molecule has 1 aliphatic heterocycles. The maximum atomic E-state index is 4.91. The lowest BCUT2D eigenvalue weighted by atomic mass is 9.98. The molecule has 0 N–H and O–H groups in total. The standard InChI is InChI=1S/C27H27N3.ClH/c1-3-16-30-20(2)24(18-21-9-5-4-6-10-21)26-25(30)13-15-28-27(26)29-17-14-22-11-7-8-12-23(22)19-29;/h3-13,15H,1,14,16-19H2,2H3;1H. The van der Waals surface area contributed by atoms with E-state index in [1.807, 2.05) is 12.3 Å². The van der Waals surface area contributed by atoms with E-state index in [9.17, 15) is 0 Å². The summed E-state index contributed by atoms with van der Waals surface area (Å²) in [5.41, 5.74) is 8.14. The topological polar surface area (TPSA) is 21.1 Å². The number of halogens is 1. The molecular weight excluding hydrogens is 402 g/mol. The second-order valence-corrected chi connectivity index (χ2v) is 8.09. The van der Waals surface area contributed by atoms with Gasteiger partial charge in [-0.25, -0.2) is 4.98 Å². The average molecular weight is 430 g/mol. The Morgan fingerprint density at radius 2 is 1.74 bits per heavy atom. The SMILES string of the molecule is C=CCn1c(C)c(Cc2ccccc2)c2c(N3CCc4ccccc4C3)nccc21.Cl. The normalized spacial score (nSPS) is 13.0. The molecule has 4 heteroatoms. The number of anilines is 1. The summed E-state index contributed by atoms with van der Waals surface area (Å²) < 4.78 is 2.38. The van der Waals surface area contributed by atoms with Crippen LogP contribution in [-0.2, 0) is 25.9 Å². The van der Waals surface area contributed by atoms with Crippen molar-refractivity contribution in [1.82, 2.24) is 9.55 Å². The van der Waals surface area contributed by atoms with Gasteiger partial charge < -0.3 is 9.47 Å². The Hall–Kier alpha value is -3.04. The molecule has 3 heterocycles. The van der Waals surface area contributed by atoms with E-state index in [1.165, 1.54) is 38.9 Å². The Morgan fingerprint density at radius 3 is 2.52 bits per heavy atom. The summed E-state index contributed by atoms with van der Waals surface area (Å²) in [6.45, 7) is 8.94. The summed E-state index contributed by atoms with van der Waals surface area (Å²) in [5, 5.41) is 1.29. The smallest absolute Gasteiger partial charge is 0.138 e. The fourth-order valence-corrected chi connectivity index (χ4v) is 4.78. The minimum atomic E-state index is 0. The van der Waals surface area contributed by atoms with Gasteiger partial charge in [-0.2, -0.15) is 0 Å². The molecule has 0 saturated heterocycles. The van der Waals surface area contributed by atoms with Crippen LogP contribution in [0.1, 0.15) is 27.9 Å². The molecule has 2 aromatic heterocycles. The molecule has 1 aliphatic rings. The predicted octanol–water partition coefficient (Wildman–Crippen LogP) is 6.11. The second-order valence-electron chi connectivity index (χ2n) is 8.09. The summed E-state index contributed by atoms with van der Waals surface area (Å²) in [7, 11) is 0.